The van der Waals surface area contributed by atoms with Crippen molar-refractivity contribution in [1.29, 1.82) is 0 Å². The fraction of sp³-hybridized carbons (Fsp3) is 0.368. The second kappa shape index (κ2) is 10.4. The summed E-state index contributed by atoms with van der Waals surface area (Å²) in [7, 11) is -3.71. The molecule has 0 aliphatic carbocycles. The van der Waals surface area contributed by atoms with E-state index in [1.54, 1.807) is 23.5 Å². The normalized spacial score (nSPS) is 12.4. The van der Waals surface area contributed by atoms with E-state index in [1.807, 2.05) is 17.5 Å². The van der Waals surface area contributed by atoms with Gasteiger partial charge in [-0.1, -0.05) is 18.2 Å². The molecule has 7 nitrogen and oxygen atoms in total. The number of sulfonamides is 1. The van der Waals surface area contributed by atoms with Gasteiger partial charge >= 0.3 is 5.97 Å². The summed E-state index contributed by atoms with van der Waals surface area (Å²) in [5, 5.41) is 9.75. The number of nitrogens with two attached hydrogens (primary N) is 1. The Morgan fingerprint density at radius 2 is 1.89 bits per heavy atom. The molecule has 3 N–H and O–H groups in total. The van der Waals surface area contributed by atoms with E-state index in [4.69, 9.17) is 9.88 Å². The fourth-order valence-electron chi connectivity index (χ4n) is 2.49. The van der Waals surface area contributed by atoms with E-state index < -0.39 is 22.1 Å². The number of amides is 1. The minimum Gasteiger partial charge on any atom is -0.453 e. The minimum absolute atomic E-state index is 0.0416. The van der Waals surface area contributed by atoms with Crippen LogP contribution in [0.2, 0.25) is 0 Å². The average molecular weight is 425 g/mol. The lowest BCUT2D eigenvalue weighted by Gasteiger charge is -2.13. The molecule has 2 rings (SSSR count). The number of carbonyl (C=O) groups is 2. The molecule has 1 atom stereocenters. The number of aryl methyl sites for hydroxylation is 1. The standard InChI is InChI=1S/C19H24N2O5S2/c1-14(26-18(22)6-2-4-16-5-3-13-27-16)19(23)21-12-11-15-7-9-17(10-8-15)28(20,24)25/h3,5,7-10,13-14H,2,4,6,11-12H2,1H3,(H,21,23)(H2,20,24,25). The summed E-state index contributed by atoms with van der Waals surface area (Å²) >= 11 is 1.65. The Morgan fingerprint density at radius 1 is 1.18 bits per heavy atom. The number of hydrogen-bond donors (Lipinski definition) is 2. The van der Waals surface area contributed by atoms with Gasteiger partial charge in [0.05, 0.1) is 4.90 Å². The topological polar surface area (TPSA) is 116 Å². The van der Waals surface area contributed by atoms with Crippen LogP contribution in [0.4, 0.5) is 0 Å². The Hall–Kier alpha value is -2.23. The van der Waals surface area contributed by atoms with Crippen LogP contribution in [0.3, 0.4) is 0 Å². The molecule has 0 fully saturated rings. The molecular weight excluding hydrogens is 400 g/mol. The first-order chi connectivity index (χ1) is 13.3. The molecule has 1 heterocycles. The molecule has 0 spiro atoms. The van der Waals surface area contributed by atoms with Crippen LogP contribution in [-0.4, -0.2) is 32.9 Å². The Labute approximate surface area is 169 Å². The van der Waals surface area contributed by atoms with Gasteiger partial charge in [-0.2, -0.15) is 0 Å². The molecule has 0 radical (unpaired) electrons. The SMILES string of the molecule is CC(OC(=O)CCCc1cccs1)C(=O)NCCc1ccc(S(N)(=O)=O)cc1. The van der Waals surface area contributed by atoms with Crippen molar-refractivity contribution in [2.45, 2.75) is 43.6 Å². The number of benzene rings is 1. The molecule has 0 aliphatic heterocycles. The van der Waals surface area contributed by atoms with Crippen molar-refractivity contribution in [3.05, 3.63) is 52.2 Å². The van der Waals surface area contributed by atoms with Crippen LogP contribution in [-0.2, 0) is 37.2 Å². The molecule has 0 saturated heterocycles. The minimum atomic E-state index is -3.71. The summed E-state index contributed by atoms with van der Waals surface area (Å²) in [4.78, 5) is 25.1. The van der Waals surface area contributed by atoms with Gasteiger partial charge in [0.1, 0.15) is 0 Å². The third kappa shape index (κ3) is 7.41. The molecule has 1 aromatic heterocycles. The maximum absolute atomic E-state index is 12.0. The van der Waals surface area contributed by atoms with Crippen LogP contribution in [0.5, 0.6) is 0 Å². The van der Waals surface area contributed by atoms with Crippen molar-refractivity contribution in [1.82, 2.24) is 5.32 Å². The smallest absolute Gasteiger partial charge is 0.306 e. The molecule has 28 heavy (non-hydrogen) atoms. The molecule has 1 unspecified atom stereocenters. The number of nitrogens with one attached hydrogen (secondary N) is 1. The van der Waals surface area contributed by atoms with Crippen molar-refractivity contribution < 1.29 is 22.7 Å². The second-order valence-electron chi connectivity index (χ2n) is 6.29. The van der Waals surface area contributed by atoms with Gasteiger partial charge in [-0.3, -0.25) is 9.59 Å². The molecule has 152 valence electrons. The van der Waals surface area contributed by atoms with Crippen LogP contribution in [0, 0.1) is 0 Å². The Kier molecular flexibility index (Phi) is 8.16. The maximum atomic E-state index is 12.0. The maximum Gasteiger partial charge on any atom is 0.306 e. The van der Waals surface area contributed by atoms with Crippen molar-refractivity contribution in [3.63, 3.8) is 0 Å². The van der Waals surface area contributed by atoms with Crippen molar-refractivity contribution in [2.24, 2.45) is 5.14 Å². The van der Waals surface area contributed by atoms with E-state index in [9.17, 15) is 18.0 Å². The average Bonchev–Trinajstić information content (AvgIpc) is 3.14. The van der Waals surface area contributed by atoms with E-state index >= 15 is 0 Å². The molecule has 0 bridgehead atoms. The third-order valence-corrected chi connectivity index (χ3v) is 5.89. The van der Waals surface area contributed by atoms with Crippen molar-refractivity contribution in [3.8, 4) is 0 Å². The van der Waals surface area contributed by atoms with E-state index in [0.717, 1.165) is 12.0 Å². The number of esters is 1. The summed E-state index contributed by atoms with van der Waals surface area (Å²) in [5.41, 5.74) is 0.853. The Balaban J connectivity index is 1.66. The highest BCUT2D eigenvalue weighted by atomic mass is 32.2. The van der Waals surface area contributed by atoms with Crippen molar-refractivity contribution >= 4 is 33.2 Å². The third-order valence-electron chi connectivity index (χ3n) is 4.03. The first-order valence-electron chi connectivity index (χ1n) is 8.87. The predicted octanol–water partition coefficient (Wildman–Crippen LogP) is 2.01. The van der Waals surface area contributed by atoms with Crippen LogP contribution < -0.4 is 10.5 Å². The largest absolute Gasteiger partial charge is 0.453 e. The zero-order chi connectivity index (χ0) is 20.6. The summed E-state index contributed by atoms with van der Waals surface area (Å²) in [6.45, 7) is 1.88. The number of rotatable bonds is 10. The molecule has 0 saturated carbocycles. The number of hydrogen-bond acceptors (Lipinski definition) is 6. The summed E-state index contributed by atoms with van der Waals surface area (Å²) in [5.74, 6) is -0.759. The van der Waals surface area contributed by atoms with Gasteiger partial charge in [0, 0.05) is 17.8 Å². The van der Waals surface area contributed by atoms with Crippen LogP contribution in [0.15, 0.2) is 46.7 Å². The zero-order valence-corrected chi connectivity index (χ0v) is 17.2. The van der Waals surface area contributed by atoms with E-state index in [-0.39, 0.29) is 17.2 Å². The fourth-order valence-corrected chi connectivity index (χ4v) is 3.76. The quantitative estimate of drug-likeness (QED) is 0.566. The lowest BCUT2D eigenvalue weighted by molar-refractivity contribution is -0.154. The Morgan fingerprint density at radius 3 is 2.50 bits per heavy atom. The monoisotopic (exact) mass is 424 g/mol. The summed E-state index contributed by atoms with van der Waals surface area (Å²) < 4.78 is 27.6. The first kappa shape index (κ1) is 22.1. The van der Waals surface area contributed by atoms with E-state index in [1.165, 1.54) is 23.9 Å². The highest BCUT2D eigenvalue weighted by molar-refractivity contribution is 7.89. The van der Waals surface area contributed by atoms with Crippen LogP contribution in [0.25, 0.3) is 0 Å². The number of carbonyl (C=O) groups excluding carboxylic acids is 2. The summed E-state index contributed by atoms with van der Waals surface area (Å²) in [6, 6.07) is 10.1. The number of primary sulfonamides is 1. The molecular formula is C19H24N2O5S2. The Bertz CT molecular complexity index is 878. The van der Waals surface area contributed by atoms with E-state index in [0.29, 0.717) is 19.4 Å². The molecule has 2 aromatic rings. The van der Waals surface area contributed by atoms with Gasteiger partial charge in [0.25, 0.3) is 5.91 Å². The van der Waals surface area contributed by atoms with Crippen LogP contribution in [0.1, 0.15) is 30.2 Å². The highest BCUT2D eigenvalue weighted by Gasteiger charge is 2.17. The van der Waals surface area contributed by atoms with Gasteiger partial charge in [-0.25, -0.2) is 13.6 Å². The van der Waals surface area contributed by atoms with Gasteiger partial charge in [-0.05, 0) is 55.3 Å². The number of thiophene rings is 1. The molecule has 0 aliphatic rings. The molecule has 9 heteroatoms. The van der Waals surface area contributed by atoms with Crippen LogP contribution >= 0.6 is 11.3 Å². The second-order valence-corrected chi connectivity index (χ2v) is 8.89. The molecule has 1 amide bonds. The lowest BCUT2D eigenvalue weighted by atomic mass is 10.1. The number of ether oxygens (including phenoxy) is 1. The predicted molar refractivity (Wildman–Crippen MR) is 107 cm³/mol. The van der Waals surface area contributed by atoms with Crippen molar-refractivity contribution in [2.75, 3.05) is 6.54 Å². The first-order valence-corrected chi connectivity index (χ1v) is 11.3. The van der Waals surface area contributed by atoms with Gasteiger partial charge < -0.3 is 10.1 Å². The summed E-state index contributed by atoms with van der Waals surface area (Å²) in [6.07, 6.45) is 1.42. The lowest BCUT2D eigenvalue weighted by Crippen LogP contribution is -2.36. The highest BCUT2D eigenvalue weighted by Crippen LogP contribution is 2.12. The van der Waals surface area contributed by atoms with Gasteiger partial charge in [0.15, 0.2) is 6.10 Å². The van der Waals surface area contributed by atoms with Gasteiger partial charge in [0.2, 0.25) is 10.0 Å². The van der Waals surface area contributed by atoms with Gasteiger partial charge in [-0.15, -0.1) is 11.3 Å². The zero-order valence-electron chi connectivity index (χ0n) is 15.6. The van der Waals surface area contributed by atoms with E-state index in [2.05, 4.69) is 5.32 Å². The molecule has 1 aromatic carbocycles.